The molecule has 2 heterocycles. The van der Waals surface area contributed by atoms with Gasteiger partial charge in [0.05, 0.1) is 31.1 Å². The molecule has 1 saturated heterocycles. The van der Waals surface area contributed by atoms with Crippen LogP contribution in [0.2, 0.25) is 0 Å². The molecule has 0 bridgehead atoms. The van der Waals surface area contributed by atoms with Gasteiger partial charge >= 0.3 is 6.03 Å². The van der Waals surface area contributed by atoms with Crippen LogP contribution >= 0.6 is 15.9 Å². The lowest BCUT2D eigenvalue weighted by molar-refractivity contribution is 0.159. The first-order valence-corrected chi connectivity index (χ1v) is 11.8. The number of likely N-dealkylation sites (tertiary alicyclic amines) is 1. The number of aryl methyl sites for hydroxylation is 1. The SMILES string of the molecule is COCCN1C[C@@H](NC(=O)Nc2cc3cc(Br)cc(OC)c3nc2C)[C@H](c2ccccc2)C1. The topological polar surface area (TPSA) is 75.7 Å². The van der Waals surface area contributed by atoms with Gasteiger partial charge in [-0.05, 0) is 30.7 Å². The number of benzene rings is 2. The fourth-order valence-electron chi connectivity index (χ4n) is 4.39. The highest BCUT2D eigenvalue weighted by molar-refractivity contribution is 9.10. The van der Waals surface area contributed by atoms with E-state index in [4.69, 9.17) is 9.47 Å². The predicted octanol–water partition coefficient (Wildman–Crippen LogP) is 4.55. The number of carbonyl (C=O) groups is 1. The summed E-state index contributed by atoms with van der Waals surface area (Å²) in [4.78, 5) is 20.0. The second-order valence-electron chi connectivity index (χ2n) is 8.28. The lowest BCUT2D eigenvalue weighted by Crippen LogP contribution is -2.42. The van der Waals surface area contributed by atoms with Gasteiger partial charge in [-0.15, -0.1) is 0 Å². The largest absolute Gasteiger partial charge is 0.494 e. The van der Waals surface area contributed by atoms with Crippen LogP contribution in [0, 0.1) is 6.92 Å². The maximum Gasteiger partial charge on any atom is 0.319 e. The number of fused-ring (bicyclic) bond motifs is 1. The maximum absolute atomic E-state index is 13.0. The van der Waals surface area contributed by atoms with E-state index in [-0.39, 0.29) is 18.0 Å². The fourth-order valence-corrected chi connectivity index (χ4v) is 4.85. The first-order valence-electron chi connectivity index (χ1n) is 11.0. The summed E-state index contributed by atoms with van der Waals surface area (Å²) < 4.78 is 11.6. The molecule has 0 aliphatic carbocycles. The van der Waals surface area contributed by atoms with Crippen LogP contribution in [0.3, 0.4) is 0 Å². The Hall–Kier alpha value is -2.68. The summed E-state index contributed by atoms with van der Waals surface area (Å²) in [6, 6.07) is 15.9. The minimum atomic E-state index is -0.235. The molecule has 1 aliphatic heterocycles. The Morgan fingerprint density at radius 3 is 2.70 bits per heavy atom. The van der Waals surface area contributed by atoms with Crippen molar-refractivity contribution in [2.75, 3.05) is 45.8 Å². The van der Waals surface area contributed by atoms with E-state index >= 15 is 0 Å². The van der Waals surface area contributed by atoms with Crippen molar-refractivity contribution in [2.24, 2.45) is 0 Å². The molecule has 1 fully saturated rings. The fraction of sp³-hybridized carbons (Fsp3) is 0.360. The van der Waals surface area contributed by atoms with Gasteiger partial charge in [0.15, 0.2) is 0 Å². The third-order valence-corrected chi connectivity index (χ3v) is 6.52. The number of nitrogens with zero attached hydrogens (tertiary/aromatic N) is 2. The van der Waals surface area contributed by atoms with Gasteiger partial charge in [-0.1, -0.05) is 46.3 Å². The summed E-state index contributed by atoms with van der Waals surface area (Å²) in [5, 5.41) is 7.09. The van der Waals surface area contributed by atoms with Crippen molar-refractivity contribution < 1.29 is 14.3 Å². The highest BCUT2D eigenvalue weighted by Gasteiger charge is 2.34. The number of rotatable bonds is 7. The molecule has 3 aromatic rings. The van der Waals surface area contributed by atoms with Crippen molar-refractivity contribution in [1.82, 2.24) is 15.2 Å². The standard InChI is InChI=1S/C25H29BrN4O3/c1-16-21(12-18-11-19(26)13-23(33-3)24(18)27-16)28-25(31)29-22-15-30(9-10-32-2)14-20(22)17-7-5-4-6-8-17/h4-8,11-13,20,22H,9-10,14-15H2,1-3H3,(H2,28,29,31)/t20-,22+/m0/s1. The van der Waals surface area contributed by atoms with E-state index in [2.05, 4.69) is 48.6 Å². The van der Waals surface area contributed by atoms with Crippen molar-refractivity contribution in [3.63, 3.8) is 0 Å². The molecule has 2 amide bonds. The molecule has 0 radical (unpaired) electrons. The molecule has 1 aliphatic rings. The monoisotopic (exact) mass is 512 g/mol. The number of ether oxygens (including phenoxy) is 2. The quantitative estimate of drug-likeness (QED) is 0.485. The second kappa shape index (κ2) is 10.5. The van der Waals surface area contributed by atoms with Gasteiger partial charge in [-0.2, -0.15) is 0 Å². The van der Waals surface area contributed by atoms with Crippen molar-refractivity contribution in [3.05, 3.63) is 64.3 Å². The van der Waals surface area contributed by atoms with E-state index in [0.717, 1.165) is 40.7 Å². The number of methoxy groups -OCH3 is 2. The number of urea groups is 1. The van der Waals surface area contributed by atoms with Crippen LogP contribution in [-0.2, 0) is 4.74 Å². The van der Waals surface area contributed by atoms with Crippen molar-refractivity contribution >= 4 is 38.6 Å². The van der Waals surface area contributed by atoms with Crippen molar-refractivity contribution in [2.45, 2.75) is 18.9 Å². The van der Waals surface area contributed by atoms with Crippen LogP contribution in [0.1, 0.15) is 17.2 Å². The van der Waals surface area contributed by atoms with Crippen LogP contribution in [0.25, 0.3) is 10.9 Å². The number of hydrogen-bond acceptors (Lipinski definition) is 5. The zero-order valence-electron chi connectivity index (χ0n) is 19.1. The maximum atomic E-state index is 13.0. The third-order valence-electron chi connectivity index (χ3n) is 6.06. The van der Waals surface area contributed by atoms with E-state index < -0.39 is 0 Å². The minimum absolute atomic E-state index is 0.00721. The van der Waals surface area contributed by atoms with Crippen LogP contribution in [0.15, 0.2) is 53.0 Å². The molecular weight excluding hydrogens is 484 g/mol. The van der Waals surface area contributed by atoms with E-state index in [0.29, 0.717) is 18.0 Å². The van der Waals surface area contributed by atoms with Crippen LogP contribution in [-0.4, -0.2) is 62.4 Å². The second-order valence-corrected chi connectivity index (χ2v) is 9.19. The summed E-state index contributed by atoms with van der Waals surface area (Å²) in [5.41, 5.74) is 3.39. The molecule has 0 saturated carbocycles. The van der Waals surface area contributed by atoms with E-state index in [1.54, 1.807) is 14.2 Å². The zero-order valence-corrected chi connectivity index (χ0v) is 20.7. The van der Waals surface area contributed by atoms with E-state index in [1.807, 2.05) is 43.3 Å². The Morgan fingerprint density at radius 2 is 1.97 bits per heavy atom. The molecule has 8 heteroatoms. The van der Waals surface area contributed by atoms with Crippen LogP contribution in [0.5, 0.6) is 5.75 Å². The smallest absolute Gasteiger partial charge is 0.319 e. The molecule has 4 rings (SSSR count). The Kier molecular flexibility index (Phi) is 7.47. The van der Waals surface area contributed by atoms with Crippen molar-refractivity contribution in [3.8, 4) is 5.75 Å². The molecular formula is C25H29BrN4O3. The normalized spacial score (nSPS) is 18.4. The predicted molar refractivity (Wildman–Crippen MR) is 134 cm³/mol. The lowest BCUT2D eigenvalue weighted by Gasteiger charge is -2.21. The van der Waals surface area contributed by atoms with Gasteiger partial charge in [-0.3, -0.25) is 4.90 Å². The van der Waals surface area contributed by atoms with Gasteiger partial charge in [0.1, 0.15) is 11.3 Å². The molecule has 2 atom stereocenters. The molecule has 2 N–H and O–H groups in total. The summed E-state index contributed by atoms with van der Waals surface area (Å²) in [6.07, 6.45) is 0. The average Bonchev–Trinajstić information content (AvgIpc) is 3.21. The van der Waals surface area contributed by atoms with Gasteiger partial charge < -0.3 is 20.1 Å². The van der Waals surface area contributed by atoms with Crippen LogP contribution in [0.4, 0.5) is 10.5 Å². The van der Waals surface area contributed by atoms with E-state index in [1.165, 1.54) is 5.56 Å². The molecule has 0 spiro atoms. The van der Waals surface area contributed by atoms with Gasteiger partial charge in [0.25, 0.3) is 0 Å². The Bertz CT molecular complexity index is 1130. The average molecular weight is 513 g/mol. The Morgan fingerprint density at radius 1 is 1.18 bits per heavy atom. The molecule has 7 nitrogen and oxygen atoms in total. The van der Waals surface area contributed by atoms with Crippen LogP contribution < -0.4 is 15.4 Å². The number of anilines is 1. The summed E-state index contributed by atoms with van der Waals surface area (Å²) >= 11 is 3.51. The minimum Gasteiger partial charge on any atom is -0.494 e. The Balaban J connectivity index is 1.52. The molecule has 2 aromatic carbocycles. The van der Waals surface area contributed by atoms with Gasteiger partial charge in [0.2, 0.25) is 0 Å². The number of nitrogens with one attached hydrogen (secondary N) is 2. The highest BCUT2D eigenvalue weighted by atomic mass is 79.9. The number of hydrogen-bond donors (Lipinski definition) is 2. The first kappa shape index (κ1) is 23.5. The van der Waals surface area contributed by atoms with Gasteiger partial charge in [-0.25, -0.2) is 9.78 Å². The van der Waals surface area contributed by atoms with Crippen molar-refractivity contribution in [1.29, 1.82) is 0 Å². The Labute approximate surface area is 202 Å². The molecule has 33 heavy (non-hydrogen) atoms. The summed E-state index contributed by atoms with van der Waals surface area (Å²) in [5.74, 6) is 0.899. The number of carbonyl (C=O) groups excluding carboxylic acids is 1. The molecule has 0 unspecified atom stereocenters. The van der Waals surface area contributed by atoms with E-state index in [9.17, 15) is 4.79 Å². The summed E-state index contributed by atoms with van der Waals surface area (Å²) in [7, 11) is 3.33. The third kappa shape index (κ3) is 5.46. The number of amides is 2. The lowest BCUT2D eigenvalue weighted by atomic mass is 9.94. The zero-order chi connectivity index (χ0) is 23.4. The molecule has 174 valence electrons. The number of pyridine rings is 1. The highest BCUT2D eigenvalue weighted by Crippen LogP contribution is 2.32. The summed E-state index contributed by atoms with van der Waals surface area (Å²) in [6.45, 7) is 5.04. The van der Waals surface area contributed by atoms with Gasteiger partial charge in [0, 0.05) is 42.5 Å². The first-order chi connectivity index (χ1) is 16.0. The molecule has 1 aromatic heterocycles. The number of aromatic nitrogens is 1. The number of halogens is 1.